The molecule has 0 spiro atoms. The molecule has 0 unspecified atom stereocenters. The third kappa shape index (κ3) is 6.00. The highest BCUT2D eigenvalue weighted by Crippen LogP contribution is 2.32. The van der Waals surface area contributed by atoms with Crippen LogP contribution in [0.15, 0.2) is 94.7 Å². The summed E-state index contributed by atoms with van der Waals surface area (Å²) in [5.41, 5.74) is 2.67. The third-order valence-corrected chi connectivity index (χ3v) is 8.33. The predicted molar refractivity (Wildman–Crippen MR) is 152 cm³/mol. The molecule has 1 fully saturated rings. The van der Waals surface area contributed by atoms with Crippen molar-refractivity contribution in [2.75, 3.05) is 13.2 Å². The number of nitrogens with zero attached hydrogens (tertiary/aromatic N) is 1. The molecule has 1 heterocycles. The van der Waals surface area contributed by atoms with Crippen LogP contribution < -0.4 is 8.92 Å². The van der Waals surface area contributed by atoms with E-state index in [1.807, 2.05) is 56.3 Å². The van der Waals surface area contributed by atoms with Gasteiger partial charge in [0.05, 0.1) is 11.4 Å². The number of rotatable bonds is 8. The van der Waals surface area contributed by atoms with E-state index in [4.69, 9.17) is 8.92 Å². The summed E-state index contributed by atoms with van der Waals surface area (Å²) >= 11 is 0.857. The third-order valence-electron chi connectivity index (χ3n) is 6.18. The second kappa shape index (κ2) is 11.0. The summed E-state index contributed by atoms with van der Waals surface area (Å²) in [6, 6.07) is 24.4. The molecule has 5 rings (SSSR count). The van der Waals surface area contributed by atoms with Crippen LogP contribution in [0.3, 0.4) is 0 Å². The molecule has 0 N–H and O–H groups in total. The van der Waals surface area contributed by atoms with Crippen LogP contribution in [0.25, 0.3) is 16.8 Å². The topological polar surface area (TPSA) is 90.0 Å². The molecule has 0 atom stereocenters. The SMILES string of the molecule is Cc1ccc(C)c(OCCN2C(=O)S/C(=C\c3ccc(OS(=O)(=O)c4ccc5ccccc5c4)cc3)C2=O)c1. The lowest BCUT2D eigenvalue weighted by atomic mass is 10.1. The van der Waals surface area contributed by atoms with Crippen molar-refractivity contribution < 1.29 is 26.9 Å². The molecule has 1 saturated heterocycles. The van der Waals surface area contributed by atoms with Crippen LogP contribution in [-0.4, -0.2) is 37.6 Å². The molecular weight excluding hydrogens is 534 g/mol. The van der Waals surface area contributed by atoms with Gasteiger partial charge >= 0.3 is 10.1 Å². The quantitative estimate of drug-likeness (QED) is 0.184. The van der Waals surface area contributed by atoms with Crippen LogP contribution in [0.5, 0.6) is 11.5 Å². The van der Waals surface area contributed by atoms with Crippen molar-refractivity contribution >= 4 is 49.9 Å². The zero-order valence-corrected chi connectivity index (χ0v) is 22.9. The van der Waals surface area contributed by atoms with Crippen molar-refractivity contribution in [2.45, 2.75) is 18.7 Å². The Kier molecular flexibility index (Phi) is 7.45. The van der Waals surface area contributed by atoms with Crippen LogP contribution in [-0.2, 0) is 14.9 Å². The number of fused-ring (bicyclic) bond motifs is 1. The maximum Gasteiger partial charge on any atom is 0.339 e. The summed E-state index contributed by atoms with van der Waals surface area (Å²) in [5, 5.41) is 1.36. The average Bonchev–Trinajstić information content (AvgIpc) is 3.18. The number of carbonyl (C=O) groups is 2. The molecule has 7 nitrogen and oxygen atoms in total. The van der Waals surface area contributed by atoms with Crippen molar-refractivity contribution in [3.05, 3.63) is 107 Å². The maximum absolute atomic E-state index is 12.8. The smallest absolute Gasteiger partial charge is 0.339 e. The van der Waals surface area contributed by atoms with Gasteiger partial charge in [0.1, 0.15) is 23.0 Å². The van der Waals surface area contributed by atoms with E-state index in [9.17, 15) is 18.0 Å². The molecule has 0 radical (unpaired) electrons. The number of carbonyl (C=O) groups excluding carboxylic acids is 2. The van der Waals surface area contributed by atoms with Gasteiger partial charge in [0.15, 0.2) is 0 Å². The van der Waals surface area contributed by atoms with Gasteiger partial charge in [-0.25, -0.2) is 0 Å². The minimum atomic E-state index is -4.03. The number of hydrogen-bond acceptors (Lipinski definition) is 7. The highest BCUT2D eigenvalue weighted by atomic mass is 32.2. The summed E-state index contributed by atoms with van der Waals surface area (Å²) in [5.74, 6) is 0.466. The second-order valence-electron chi connectivity index (χ2n) is 9.07. The second-order valence-corrected chi connectivity index (χ2v) is 11.6. The molecule has 9 heteroatoms. The highest BCUT2D eigenvalue weighted by molar-refractivity contribution is 8.18. The molecule has 1 aliphatic heterocycles. The first-order chi connectivity index (χ1) is 18.7. The van der Waals surface area contributed by atoms with Crippen molar-refractivity contribution in [2.24, 2.45) is 0 Å². The van der Waals surface area contributed by atoms with Gasteiger partial charge in [0.2, 0.25) is 0 Å². The fourth-order valence-electron chi connectivity index (χ4n) is 4.07. The summed E-state index contributed by atoms with van der Waals surface area (Å²) in [6.07, 6.45) is 1.60. The average molecular weight is 560 g/mol. The van der Waals surface area contributed by atoms with Gasteiger partial charge in [-0.3, -0.25) is 14.5 Å². The zero-order valence-electron chi connectivity index (χ0n) is 21.3. The van der Waals surface area contributed by atoms with Crippen molar-refractivity contribution in [3.63, 3.8) is 0 Å². The summed E-state index contributed by atoms with van der Waals surface area (Å²) in [7, 11) is -4.03. The Morgan fingerprint density at radius 2 is 1.62 bits per heavy atom. The Morgan fingerprint density at radius 3 is 2.38 bits per heavy atom. The van der Waals surface area contributed by atoms with Gasteiger partial charge in [-0.2, -0.15) is 8.42 Å². The van der Waals surface area contributed by atoms with Crippen molar-refractivity contribution in [3.8, 4) is 11.5 Å². The van der Waals surface area contributed by atoms with Crippen LogP contribution in [0.4, 0.5) is 4.79 Å². The fourth-order valence-corrected chi connectivity index (χ4v) is 5.90. The minimum Gasteiger partial charge on any atom is -0.491 e. The van der Waals surface area contributed by atoms with Gasteiger partial charge in [-0.05, 0) is 89.5 Å². The normalized spacial score (nSPS) is 14.8. The molecule has 198 valence electrons. The van der Waals surface area contributed by atoms with Gasteiger partial charge in [-0.15, -0.1) is 0 Å². The summed E-state index contributed by atoms with van der Waals surface area (Å²) in [6.45, 7) is 4.23. The van der Waals surface area contributed by atoms with E-state index in [1.54, 1.807) is 30.3 Å². The Hall–Kier alpha value is -4.08. The Labute approximate surface area is 231 Å². The van der Waals surface area contributed by atoms with E-state index >= 15 is 0 Å². The molecule has 0 aromatic heterocycles. The molecule has 1 aliphatic rings. The number of amides is 2. The molecular formula is C30H25NO6S2. The number of imide groups is 1. The first kappa shape index (κ1) is 26.5. The first-order valence-electron chi connectivity index (χ1n) is 12.2. The van der Waals surface area contributed by atoms with E-state index in [0.717, 1.165) is 44.3 Å². The monoisotopic (exact) mass is 559 g/mol. The van der Waals surface area contributed by atoms with Gasteiger partial charge < -0.3 is 8.92 Å². The Bertz CT molecular complexity index is 1710. The lowest BCUT2D eigenvalue weighted by Gasteiger charge is -2.14. The first-order valence-corrected chi connectivity index (χ1v) is 14.4. The molecule has 39 heavy (non-hydrogen) atoms. The number of hydrogen-bond donors (Lipinski definition) is 0. The molecule has 0 bridgehead atoms. The predicted octanol–water partition coefficient (Wildman–Crippen LogP) is 6.34. The minimum absolute atomic E-state index is 0.0560. The number of aryl methyl sites for hydroxylation is 2. The van der Waals surface area contributed by atoms with Crippen molar-refractivity contribution in [1.82, 2.24) is 4.90 Å². The number of benzene rings is 4. The maximum atomic E-state index is 12.8. The van der Waals surface area contributed by atoms with E-state index in [-0.39, 0.29) is 33.9 Å². The van der Waals surface area contributed by atoms with Crippen LogP contribution in [0.1, 0.15) is 16.7 Å². The van der Waals surface area contributed by atoms with Gasteiger partial charge in [0, 0.05) is 0 Å². The molecule has 2 amide bonds. The molecule has 4 aromatic carbocycles. The number of ether oxygens (including phenoxy) is 1. The Balaban J connectivity index is 1.23. The van der Waals surface area contributed by atoms with Crippen LogP contribution in [0.2, 0.25) is 0 Å². The molecule has 0 aliphatic carbocycles. The van der Waals surface area contributed by atoms with E-state index < -0.39 is 16.0 Å². The van der Waals surface area contributed by atoms with E-state index in [0.29, 0.717) is 5.56 Å². The summed E-state index contributed by atoms with van der Waals surface area (Å²) in [4.78, 5) is 26.8. The standard InChI is InChI=1S/C30H25NO6S2/c1-20-7-8-21(2)27(17-20)36-16-15-31-29(32)28(38-30(31)33)18-22-9-12-25(13-10-22)37-39(34,35)26-14-11-23-5-3-4-6-24(23)19-26/h3-14,17-19H,15-16H2,1-2H3/b28-18-. The largest absolute Gasteiger partial charge is 0.491 e. The zero-order chi connectivity index (χ0) is 27.6. The van der Waals surface area contributed by atoms with Crippen LogP contribution >= 0.6 is 11.8 Å². The van der Waals surface area contributed by atoms with Crippen molar-refractivity contribution in [1.29, 1.82) is 0 Å². The number of thioether (sulfide) groups is 1. The lowest BCUT2D eigenvalue weighted by Crippen LogP contribution is -2.32. The fraction of sp³-hybridized carbons (Fsp3) is 0.133. The van der Waals surface area contributed by atoms with Gasteiger partial charge in [0.25, 0.3) is 11.1 Å². The van der Waals surface area contributed by atoms with Gasteiger partial charge in [-0.1, -0.05) is 54.6 Å². The summed E-state index contributed by atoms with van der Waals surface area (Å²) < 4.78 is 36.7. The van der Waals surface area contributed by atoms with Crippen LogP contribution in [0, 0.1) is 13.8 Å². The van der Waals surface area contributed by atoms with E-state index in [2.05, 4.69) is 0 Å². The van der Waals surface area contributed by atoms with E-state index in [1.165, 1.54) is 18.2 Å². The molecule has 4 aromatic rings. The molecule has 0 saturated carbocycles. The lowest BCUT2D eigenvalue weighted by molar-refractivity contribution is -0.123. The highest BCUT2D eigenvalue weighted by Gasteiger charge is 2.34. The Morgan fingerprint density at radius 1 is 0.872 bits per heavy atom.